The van der Waals surface area contributed by atoms with Crippen LogP contribution in [0, 0.1) is 5.92 Å². The van der Waals surface area contributed by atoms with Gasteiger partial charge in [0.15, 0.2) is 18.5 Å². The fourth-order valence-corrected chi connectivity index (χ4v) is 4.90. The summed E-state index contributed by atoms with van der Waals surface area (Å²) in [5, 5.41) is 2.58. The molecule has 4 atom stereocenters. The van der Waals surface area contributed by atoms with E-state index in [4.69, 9.17) is 9.47 Å². The van der Waals surface area contributed by atoms with E-state index in [2.05, 4.69) is 5.32 Å². The third-order valence-corrected chi connectivity index (χ3v) is 6.76. The molecule has 0 spiro atoms. The highest BCUT2D eigenvalue weighted by Gasteiger charge is 2.64. The van der Waals surface area contributed by atoms with Crippen LogP contribution in [0.3, 0.4) is 0 Å². The maximum Gasteiger partial charge on any atom is 0.330 e. The molecule has 0 bridgehead atoms. The standard InChI is InChI=1S/C29H26N2O6/c1-18-24(29(35)37-27(19-11-5-2-6-12-19)20-13-7-3-8-14-20)31-25(26(18)33)23(28(31)34)30-22(32)17-36-21-15-9-4-10-16-21/h2-16,18,23-25,27H,17H2,1H3,(H,30,32)/t18?,23?,24?,25-/m0/s1. The van der Waals surface area contributed by atoms with Crippen molar-refractivity contribution in [1.29, 1.82) is 0 Å². The van der Waals surface area contributed by atoms with Gasteiger partial charge in [-0.05, 0) is 23.3 Å². The first kappa shape index (κ1) is 24.2. The molecule has 8 nitrogen and oxygen atoms in total. The van der Waals surface area contributed by atoms with Crippen LogP contribution in [-0.2, 0) is 23.9 Å². The minimum Gasteiger partial charge on any atom is -0.484 e. The molecule has 0 saturated carbocycles. The van der Waals surface area contributed by atoms with Gasteiger partial charge >= 0.3 is 5.97 Å². The van der Waals surface area contributed by atoms with Crippen LogP contribution in [0.2, 0.25) is 0 Å². The summed E-state index contributed by atoms with van der Waals surface area (Å²) in [6.45, 7) is 1.31. The smallest absolute Gasteiger partial charge is 0.330 e. The van der Waals surface area contributed by atoms with Crippen LogP contribution in [0.1, 0.15) is 24.2 Å². The summed E-state index contributed by atoms with van der Waals surface area (Å²) >= 11 is 0. The highest BCUT2D eigenvalue weighted by atomic mass is 16.5. The molecule has 5 rings (SSSR count). The molecule has 3 aromatic carbocycles. The van der Waals surface area contributed by atoms with Crippen molar-refractivity contribution < 1.29 is 28.7 Å². The van der Waals surface area contributed by atoms with Gasteiger partial charge in [-0.25, -0.2) is 4.79 Å². The zero-order chi connectivity index (χ0) is 25.9. The summed E-state index contributed by atoms with van der Waals surface area (Å²) in [5.74, 6) is -2.22. The van der Waals surface area contributed by atoms with Crippen molar-refractivity contribution in [2.24, 2.45) is 5.92 Å². The number of carbonyl (C=O) groups is 4. The number of ether oxygens (including phenoxy) is 2. The molecule has 8 heteroatoms. The summed E-state index contributed by atoms with van der Waals surface area (Å²) in [6, 6.07) is 24.4. The van der Waals surface area contributed by atoms with Crippen LogP contribution < -0.4 is 10.1 Å². The van der Waals surface area contributed by atoms with E-state index in [1.54, 1.807) is 31.2 Å². The lowest BCUT2D eigenvalue weighted by Gasteiger charge is -2.43. The Morgan fingerprint density at radius 1 is 0.865 bits per heavy atom. The van der Waals surface area contributed by atoms with Gasteiger partial charge in [0.25, 0.3) is 5.91 Å². The second-order valence-corrected chi connectivity index (χ2v) is 9.11. The Morgan fingerprint density at radius 3 is 1.97 bits per heavy atom. The van der Waals surface area contributed by atoms with Gasteiger partial charge in [0.05, 0.1) is 0 Å². The molecule has 188 valence electrons. The first-order chi connectivity index (χ1) is 18.0. The average Bonchev–Trinajstić information content (AvgIpc) is 3.17. The molecule has 2 saturated heterocycles. The third kappa shape index (κ3) is 4.70. The van der Waals surface area contributed by atoms with E-state index in [1.165, 1.54) is 4.90 Å². The molecule has 2 fully saturated rings. The first-order valence-corrected chi connectivity index (χ1v) is 12.1. The summed E-state index contributed by atoms with van der Waals surface area (Å²) in [5.41, 5.74) is 1.54. The van der Waals surface area contributed by atoms with E-state index in [9.17, 15) is 19.2 Å². The number of esters is 1. The number of β-lactam (4-membered cyclic amide) rings is 1. The van der Waals surface area contributed by atoms with E-state index < -0.39 is 47.9 Å². The van der Waals surface area contributed by atoms with Crippen LogP contribution in [0.15, 0.2) is 91.0 Å². The minimum absolute atomic E-state index is 0.285. The minimum atomic E-state index is -1.06. The van der Waals surface area contributed by atoms with Gasteiger partial charge in [-0.15, -0.1) is 0 Å². The van der Waals surface area contributed by atoms with Crippen LogP contribution in [-0.4, -0.2) is 53.2 Å². The largest absolute Gasteiger partial charge is 0.484 e. The Bertz CT molecular complexity index is 1260. The molecule has 1 N–H and O–H groups in total. The van der Waals surface area contributed by atoms with Crippen molar-refractivity contribution in [2.45, 2.75) is 31.2 Å². The number of hydrogen-bond donors (Lipinski definition) is 1. The Balaban J connectivity index is 1.28. The monoisotopic (exact) mass is 498 g/mol. The number of rotatable bonds is 8. The zero-order valence-electron chi connectivity index (χ0n) is 20.2. The number of hydrogen-bond acceptors (Lipinski definition) is 6. The molecule has 2 amide bonds. The number of ketones is 1. The van der Waals surface area contributed by atoms with Crippen LogP contribution in [0.4, 0.5) is 0 Å². The van der Waals surface area contributed by atoms with E-state index in [0.717, 1.165) is 11.1 Å². The van der Waals surface area contributed by atoms with Crippen LogP contribution >= 0.6 is 0 Å². The second-order valence-electron chi connectivity index (χ2n) is 9.11. The lowest BCUT2D eigenvalue weighted by atomic mass is 9.93. The number of nitrogens with one attached hydrogen (secondary N) is 1. The molecule has 0 aliphatic carbocycles. The number of carbonyl (C=O) groups excluding carboxylic acids is 4. The molecule has 2 aliphatic heterocycles. The highest BCUT2D eigenvalue weighted by molar-refractivity contribution is 6.11. The quantitative estimate of drug-likeness (QED) is 0.379. The van der Waals surface area contributed by atoms with Crippen molar-refractivity contribution >= 4 is 23.6 Å². The fraction of sp³-hybridized carbons (Fsp3) is 0.241. The normalized spacial score (nSPS) is 22.3. The maximum atomic E-state index is 13.4. The van der Waals surface area contributed by atoms with Gasteiger partial charge in [-0.3, -0.25) is 14.4 Å². The molecule has 2 aliphatic rings. The Labute approximate surface area is 214 Å². The Kier molecular flexibility index (Phi) is 6.72. The van der Waals surface area contributed by atoms with Crippen molar-refractivity contribution in [3.63, 3.8) is 0 Å². The van der Waals surface area contributed by atoms with Gasteiger partial charge < -0.3 is 19.7 Å². The second kappa shape index (κ2) is 10.3. The molecule has 0 aromatic heterocycles. The summed E-state index contributed by atoms with van der Waals surface area (Å²) < 4.78 is 11.4. The average molecular weight is 499 g/mol. The summed E-state index contributed by atoms with van der Waals surface area (Å²) in [6.07, 6.45) is -0.696. The molecule has 3 aromatic rings. The molecule has 37 heavy (non-hydrogen) atoms. The number of benzene rings is 3. The van der Waals surface area contributed by atoms with Crippen molar-refractivity contribution in [2.75, 3.05) is 6.61 Å². The predicted octanol–water partition coefficient (Wildman–Crippen LogP) is 2.68. The van der Waals surface area contributed by atoms with Gasteiger partial charge in [-0.2, -0.15) is 0 Å². The molecule has 3 unspecified atom stereocenters. The number of nitrogens with zero attached hydrogens (tertiary/aromatic N) is 1. The molecular formula is C29H26N2O6. The number of Topliss-reactive ketones (excluding diaryl/α,β-unsaturated/α-hetero) is 1. The SMILES string of the molecule is CC1C(=O)[C@@H]2C(NC(=O)COc3ccccc3)C(=O)N2C1C(=O)OC(c1ccccc1)c1ccccc1. The van der Waals surface area contributed by atoms with E-state index >= 15 is 0 Å². The third-order valence-electron chi connectivity index (χ3n) is 6.76. The first-order valence-electron chi connectivity index (χ1n) is 12.1. The molecular weight excluding hydrogens is 472 g/mol. The van der Waals surface area contributed by atoms with Crippen molar-refractivity contribution in [1.82, 2.24) is 10.2 Å². The topological polar surface area (TPSA) is 102 Å². The number of para-hydroxylation sites is 1. The Morgan fingerprint density at radius 2 is 1.41 bits per heavy atom. The van der Waals surface area contributed by atoms with Gasteiger partial charge in [0.2, 0.25) is 5.91 Å². The highest BCUT2D eigenvalue weighted by Crippen LogP contribution is 2.38. The van der Waals surface area contributed by atoms with Crippen molar-refractivity contribution in [3.8, 4) is 5.75 Å². The molecule has 2 heterocycles. The summed E-state index contributed by atoms with van der Waals surface area (Å²) in [7, 11) is 0. The summed E-state index contributed by atoms with van der Waals surface area (Å²) in [4.78, 5) is 53.1. The van der Waals surface area contributed by atoms with Gasteiger partial charge in [0.1, 0.15) is 23.9 Å². The van der Waals surface area contributed by atoms with Crippen LogP contribution in [0.5, 0.6) is 5.75 Å². The number of fused-ring (bicyclic) bond motifs is 1. The predicted molar refractivity (Wildman–Crippen MR) is 133 cm³/mol. The lowest BCUT2D eigenvalue weighted by molar-refractivity contribution is -0.167. The maximum absolute atomic E-state index is 13.4. The van der Waals surface area contributed by atoms with E-state index in [1.807, 2.05) is 66.7 Å². The van der Waals surface area contributed by atoms with Gasteiger partial charge in [-0.1, -0.05) is 85.8 Å². The van der Waals surface area contributed by atoms with E-state index in [-0.39, 0.29) is 12.4 Å². The van der Waals surface area contributed by atoms with E-state index in [0.29, 0.717) is 5.75 Å². The lowest BCUT2D eigenvalue weighted by Crippen LogP contribution is -2.72. The zero-order valence-corrected chi connectivity index (χ0v) is 20.2. The van der Waals surface area contributed by atoms with Gasteiger partial charge in [0, 0.05) is 5.92 Å². The number of amides is 2. The van der Waals surface area contributed by atoms with Crippen molar-refractivity contribution in [3.05, 3.63) is 102 Å². The van der Waals surface area contributed by atoms with Crippen LogP contribution in [0.25, 0.3) is 0 Å². The fourth-order valence-electron chi connectivity index (χ4n) is 4.90. The Hall–Kier alpha value is -4.46. The molecule has 0 radical (unpaired) electrons.